The van der Waals surface area contributed by atoms with Crippen LogP contribution in [0.25, 0.3) is 0 Å². The number of nitrogens with one attached hydrogen (secondary N) is 2. The molecule has 0 aliphatic carbocycles. The molecule has 0 saturated heterocycles. The van der Waals surface area contributed by atoms with Crippen LogP contribution in [-0.2, 0) is 18.3 Å². The fourth-order valence-electron chi connectivity index (χ4n) is 3.85. The van der Waals surface area contributed by atoms with Gasteiger partial charge in [-0.05, 0) is 74.3 Å². The summed E-state index contributed by atoms with van der Waals surface area (Å²) >= 11 is 1.47. The number of hydrogen-bond acceptors (Lipinski definition) is 8. The van der Waals surface area contributed by atoms with Crippen molar-refractivity contribution in [3.05, 3.63) is 42.0 Å². The average molecular weight is 546 g/mol. The third-order valence-corrected chi connectivity index (χ3v) is 6.54. The van der Waals surface area contributed by atoms with Gasteiger partial charge < -0.3 is 32.7 Å². The van der Waals surface area contributed by atoms with Crippen molar-refractivity contribution in [2.75, 3.05) is 22.6 Å². The lowest BCUT2D eigenvalue weighted by Crippen LogP contribution is -3.00. The number of ether oxygens (including phenoxy) is 1. The number of azo groups is 1. The number of carbonyl (C=O) groups excluding carboxylic acids is 1. The first-order valence-electron chi connectivity index (χ1n) is 12.1. The number of carbonyl (C=O) groups is 1. The van der Waals surface area contributed by atoms with Crippen LogP contribution in [0.5, 0.6) is 5.75 Å². The van der Waals surface area contributed by atoms with E-state index in [-0.39, 0.29) is 18.3 Å². The molecule has 1 amide bonds. The highest BCUT2D eigenvalue weighted by atomic mass is 35.5. The normalized spacial score (nSPS) is 11.1. The van der Waals surface area contributed by atoms with E-state index in [1.54, 1.807) is 23.9 Å². The van der Waals surface area contributed by atoms with Crippen LogP contribution in [0.4, 0.5) is 33.0 Å². The van der Waals surface area contributed by atoms with E-state index < -0.39 is 0 Å². The summed E-state index contributed by atoms with van der Waals surface area (Å²) < 4.78 is 7.34. The summed E-state index contributed by atoms with van der Waals surface area (Å²) in [6, 6.07) is 12.4. The van der Waals surface area contributed by atoms with Gasteiger partial charge in [-0.2, -0.15) is 0 Å². The van der Waals surface area contributed by atoms with E-state index >= 15 is 0 Å². The zero-order valence-corrected chi connectivity index (χ0v) is 24.2. The van der Waals surface area contributed by atoms with E-state index in [0.29, 0.717) is 40.0 Å². The number of aromatic nitrogens is 2. The van der Waals surface area contributed by atoms with Crippen LogP contribution in [0.15, 0.2) is 46.6 Å². The first-order chi connectivity index (χ1) is 17.1. The molecule has 11 heteroatoms. The number of benzene rings is 2. The molecule has 0 aliphatic heterocycles. The number of methoxy groups -OCH3 is 1. The molecule has 1 aromatic heterocycles. The summed E-state index contributed by atoms with van der Waals surface area (Å²) in [6.45, 7) is 12.1. The van der Waals surface area contributed by atoms with Crippen molar-refractivity contribution in [3.8, 4) is 5.75 Å². The van der Waals surface area contributed by atoms with Gasteiger partial charge in [0.2, 0.25) is 11.0 Å². The highest BCUT2D eigenvalue weighted by Crippen LogP contribution is 2.39. The van der Waals surface area contributed by atoms with Gasteiger partial charge in [0, 0.05) is 30.8 Å². The summed E-state index contributed by atoms with van der Waals surface area (Å²) in [5, 5.41) is 21.3. The summed E-state index contributed by atoms with van der Waals surface area (Å²) in [5.74, 6) is 0.378. The molecule has 0 aliphatic rings. The van der Waals surface area contributed by atoms with Crippen molar-refractivity contribution in [1.29, 1.82) is 0 Å². The predicted octanol–water partition coefficient (Wildman–Crippen LogP) is 3.28. The third-order valence-electron chi connectivity index (χ3n) is 5.54. The first-order valence-corrected chi connectivity index (χ1v) is 12.9. The minimum atomic E-state index is -0.204. The largest absolute Gasteiger partial charge is 1.00 e. The molecule has 0 spiro atoms. The predicted molar refractivity (Wildman–Crippen MR) is 147 cm³/mol. The molecule has 0 saturated carbocycles. The second-order valence-electron chi connectivity index (χ2n) is 9.01. The first kappa shape index (κ1) is 30.0. The van der Waals surface area contributed by atoms with Crippen molar-refractivity contribution >= 4 is 50.3 Å². The van der Waals surface area contributed by atoms with Crippen LogP contribution >= 0.6 is 11.3 Å². The lowest BCUT2D eigenvalue weighted by Gasteiger charge is -2.28. The molecule has 1 heterocycles. The quantitative estimate of drug-likeness (QED) is 0.301. The minimum Gasteiger partial charge on any atom is -1.00 e. The van der Waals surface area contributed by atoms with E-state index in [9.17, 15) is 4.79 Å². The zero-order chi connectivity index (χ0) is 26.4. The smallest absolute Gasteiger partial charge is 0.431 e. The van der Waals surface area contributed by atoms with Crippen molar-refractivity contribution in [2.24, 2.45) is 17.3 Å². The molecule has 200 valence electrons. The van der Waals surface area contributed by atoms with Gasteiger partial charge in [-0.25, -0.2) is 0 Å². The topological polar surface area (TPSA) is 95.1 Å². The van der Waals surface area contributed by atoms with Gasteiger partial charge in [-0.3, -0.25) is 4.79 Å². The number of amides is 1. The molecule has 2 N–H and O–H groups in total. The van der Waals surface area contributed by atoms with E-state index in [4.69, 9.17) is 4.74 Å². The van der Waals surface area contributed by atoms with Crippen LogP contribution in [0.2, 0.25) is 0 Å². The lowest BCUT2D eigenvalue weighted by molar-refractivity contribution is -0.712. The van der Waals surface area contributed by atoms with E-state index in [1.807, 2.05) is 19.2 Å². The maximum atomic E-state index is 11.9. The van der Waals surface area contributed by atoms with Gasteiger partial charge in [0.05, 0.1) is 23.6 Å². The summed E-state index contributed by atoms with van der Waals surface area (Å²) in [5.41, 5.74) is 3.88. The zero-order valence-electron chi connectivity index (χ0n) is 22.7. The maximum Gasteiger partial charge on any atom is 0.431 e. The molecule has 3 rings (SSSR count). The molecule has 9 nitrogen and oxygen atoms in total. The van der Waals surface area contributed by atoms with E-state index in [2.05, 4.69) is 77.6 Å². The Morgan fingerprint density at radius 2 is 1.76 bits per heavy atom. The van der Waals surface area contributed by atoms with Gasteiger partial charge in [-0.1, -0.05) is 24.2 Å². The van der Waals surface area contributed by atoms with E-state index in [1.165, 1.54) is 23.8 Å². The SMILES string of the molecule is CCc1ccc(Nc2cc(NC(C)=O)c(N=Nc3sc(N(C(C)C)C(C)C)n[n+]3C)cc2OC)cc1.[Cl-]. The number of halogens is 1. The van der Waals surface area contributed by atoms with Crippen molar-refractivity contribution in [2.45, 2.75) is 60.0 Å². The molecule has 0 unspecified atom stereocenters. The molecule has 2 aromatic carbocycles. The van der Waals surface area contributed by atoms with Crippen molar-refractivity contribution in [1.82, 2.24) is 5.10 Å². The molecule has 37 heavy (non-hydrogen) atoms. The second kappa shape index (κ2) is 13.3. The Morgan fingerprint density at radius 3 is 2.30 bits per heavy atom. The molecular formula is C26H36ClN7O2S. The van der Waals surface area contributed by atoms with Crippen molar-refractivity contribution < 1.29 is 26.6 Å². The Hall–Kier alpha value is -3.24. The summed E-state index contributed by atoms with van der Waals surface area (Å²) in [6.07, 6.45) is 0.974. The Morgan fingerprint density at radius 1 is 1.11 bits per heavy atom. The molecule has 0 radical (unpaired) electrons. The van der Waals surface area contributed by atoms with Crippen LogP contribution in [0.1, 0.15) is 47.1 Å². The van der Waals surface area contributed by atoms with E-state index in [0.717, 1.165) is 17.2 Å². The number of nitrogens with zero attached hydrogens (tertiary/aromatic N) is 5. The minimum absolute atomic E-state index is 0. The average Bonchev–Trinajstić information content (AvgIpc) is 3.17. The van der Waals surface area contributed by atoms with Crippen LogP contribution in [-0.4, -0.2) is 30.2 Å². The van der Waals surface area contributed by atoms with Crippen molar-refractivity contribution in [3.63, 3.8) is 0 Å². The van der Waals surface area contributed by atoms with Crippen LogP contribution in [0, 0.1) is 0 Å². The fraction of sp³-hybridized carbons (Fsp3) is 0.423. The second-order valence-corrected chi connectivity index (χ2v) is 9.95. The van der Waals surface area contributed by atoms with Gasteiger partial charge in [0.1, 0.15) is 18.5 Å². The van der Waals surface area contributed by atoms with Gasteiger partial charge in [-0.15, -0.1) is 4.68 Å². The summed E-state index contributed by atoms with van der Waals surface area (Å²) in [7, 11) is 3.45. The number of anilines is 4. The van der Waals surface area contributed by atoms with Gasteiger partial charge in [0.15, 0.2) is 0 Å². The molecule has 0 fully saturated rings. The highest BCUT2D eigenvalue weighted by Gasteiger charge is 2.24. The Balaban J connectivity index is 0.00000481. The maximum absolute atomic E-state index is 11.9. The number of hydrogen-bond donors (Lipinski definition) is 2. The Kier molecular flexibility index (Phi) is 10.8. The molecule has 0 bridgehead atoms. The third kappa shape index (κ3) is 7.62. The molecular weight excluding hydrogens is 510 g/mol. The van der Waals surface area contributed by atoms with Crippen LogP contribution in [0.3, 0.4) is 0 Å². The molecule has 3 aromatic rings. The van der Waals surface area contributed by atoms with Gasteiger partial charge >= 0.3 is 5.13 Å². The van der Waals surface area contributed by atoms with Gasteiger partial charge in [0.25, 0.3) is 0 Å². The standard InChI is InChI=1S/C26H35N7O2S.ClH/c1-9-19-10-12-20(13-11-19)28-23-14-21(27-18(6)34)22(15-24(23)35-8)29-30-25-32(7)31-26(36-25)33(16(2)3)17(4)5;/h10-17H,9H2,1-8H3,(H,27,28,34);1H. The Labute approximate surface area is 229 Å². The fourth-order valence-corrected chi connectivity index (χ4v) is 4.96. The Bertz CT molecular complexity index is 1220. The summed E-state index contributed by atoms with van der Waals surface area (Å²) in [4.78, 5) is 14.2. The van der Waals surface area contributed by atoms with Crippen LogP contribution < -0.4 is 37.4 Å². The number of rotatable bonds is 10. The lowest BCUT2D eigenvalue weighted by atomic mass is 10.1. The highest BCUT2D eigenvalue weighted by molar-refractivity contribution is 7.18. The number of aryl methyl sites for hydroxylation is 2. The monoisotopic (exact) mass is 545 g/mol. The molecule has 0 atom stereocenters.